The summed E-state index contributed by atoms with van der Waals surface area (Å²) in [5.41, 5.74) is 0. The van der Waals surface area contributed by atoms with Crippen LogP contribution >= 0.6 is 0 Å². The molecule has 0 aromatic heterocycles. The van der Waals surface area contributed by atoms with E-state index in [4.69, 9.17) is 9.47 Å². The maximum Gasteiger partial charge on any atom is 0.165 e. The third kappa shape index (κ3) is 0.804. The molecule has 3 heteroatoms. The zero-order chi connectivity index (χ0) is 9.00. The summed E-state index contributed by atoms with van der Waals surface area (Å²) in [6.07, 6.45) is 4.20. The number of allylic oxidation sites excluding steroid dienone is 1. The van der Waals surface area contributed by atoms with Crippen LogP contribution in [0.2, 0.25) is 0 Å². The highest BCUT2D eigenvalue weighted by Gasteiger charge is 2.56. The number of ether oxygens (including phenoxy) is 2. The SMILES string of the molecule is COC1=CC(=O)[C@@H]2[C@H]1[C@H]1CC[C@H]2O1. The van der Waals surface area contributed by atoms with Crippen molar-refractivity contribution in [1.82, 2.24) is 0 Å². The number of carbonyl (C=O) groups excluding carboxylic acids is 1. The first-order chi connectivity index (χ1) is 6.31. The molecular weight excluding hydrogens is 168 g/mol. The summed E-state index contributed by atoms with van der Waals surface area (Å²) >= 11 is 0. The minimum Gasteiger partial charge on any atom is -0.501 e. The molecule has 0 spiro atoms. The Kier molecular flexibility index (Phi) is 1.37. The van der Waals surface area contributed by atoms with E-state index in [2.05, 4.69) is 0 Å². The normalized spacial score (nSPS) is 46.5. The molecule has 0 aromatic rings. The van der Waals surface area contributed by atoms with E-state index in [1.165, 1.54) is 0 Å². The van der Waals surface area contributed by atoms with E-state index in [1.807, 2.05) is 0 Å². The summed E-state index contributed by atoms with van der Waals surface area (Å²) in [6, 6.07) is 0. The molecule has 1 aliphatic carbocycles. The van der Waals surface area contributed by atoms with E-state index >= 15 is 0 Å². The van der Waals surface area contributed by atoms with Crippen molar-refractivity contribution in [3.05, 3.63) is 11.8 Å². The molecule has 2 fully saturated rings. The highest BCUT2D eigenvalue weighted by molar-refractivity contribution is 5.96. The van der Waals surface area contributed by atoms with Gasteiger partial charge >= 0.3 is 0 Å². The zero-order valence-electron chi connectivity index (χ0n) is 7.53. The molecule has 0 radical (unpaired) electrons. The summed E-state index contributed by atoms with van der Waals surface area (Å²) in [5, 5.41) is 0. The molecule has 70 valence electrons. The Morgan fingerprint density at radius 2 is 2.08 bits per heavy atom. The van der Waals surface area contributed by atoms with Gasteiger partial charge in [0.25, 0.3) is 0 Å². The van der Waals surface area contributed by atoms with Crippen molar-refractivity contribution < 1.29 is 14.3 Å². The molecule has 2 saturated heterocycles. The van der Waals surface area contributed by atoms with Crippen LogP contribution in [0.4, 0.5) is 0 Å². The maximum absolute atomic E-state index is 11.6. The summed E-state index contributed by atoms with van der Waals surface area (Å²) in [6.45, 7) is 0. The predicted octanol–water partition coefficient (Wildman–Crippen LogP) is 0.893. The second kappa shape index (κ2) is 2.35. The molecule has 13 heavy (non-hydrogen) atoms. The lowest BCUT2D eigenvalue weighted by atomic mass is 9.80. The quantitative estimate of drug-likeness (QED) is 0.601. The molecule has 2 aliphatic heterocycles. The lowest BCUT2D eigenvalue weighted by molar-refractivity contribution is -0.119. The van der Waals surface area contributed by atoms with Crippen LogP contribution in [0.3, 0.4) is 0 Å². The van der Waals surface area contributed by atoms with Crippen LogP contribution in [0.15, 0.2) is 11.8 Å². The predicted molar refractivity (Wildman–Crippen MR) is 45.0 cm³/mol. The Balaban J connectivity index is 1.98. The van der Waals surface area contributed by atoms with Gasteiger partial charge in [-0.25, -0.2) is 0 Å². The summed E-state index contributed by atoms with van der Waals surface area (Å²) in [4.78, 5) is 11.6. The molecule has 3 nitrogen and oxygen atoms in total. The van der Waals surface area contributed by atoms with Crippen LogP contribution in [0.1, 0.15) is 12.8 Å². The van der Waals surface area contributed by atoms with Gasteiger partial charge in [0, 0.05) is 6.08 Å². The number of rotatable bonds is 1. The minimum atomic E-state index is 0.0775. The van der Waals surface area contributed by atoms with Gasteiger partial charge in [0.2, 0.25) is 0 Å². The van der Waals surface area contributed by atoms with Crippen LogP contribution in [0, 0.1) is 11.8 Å². The molecule has 0 N–H and O–H groups in total. The van der Waals surface area contributed by atoms with Gasteiger partial charge in [-0.15, -0.1) is 0 Å². The monoisotopic (exact) mass is 180 g/mol. The summed E-state index contributed by atoms with van der Waals surface area (Å²) in [7, 11) is 1.63. The Morgan fingerprint density at radius 3 is 2.77 bits per heavy atom. The van der Waals surface area contributed by atoms with Crippen molar-refractivity contribution in [1.29, 1.82) is 0 Å². The molecule has 3 aliphatic rings. The van der Waals surface area contributed by atoms with E-state index in [0.29, 0.717) is 0 Å². The van der Waals surface area contributed by atoms with Crippen molar-refractivity contribution in [2.75, 3.05) is 7.11 Å². The number of hydrogen-bond donors (Lipinski definition) is 0. The fourth-order valence-electron chi connectivity index (χ4n) is 2.93. The first-order valence-electron chi connectivity index (χ1n) is 4.76. The molecule has 0 aromatic carbocycles. The van der Waals surface area contributed by atoms with E-state index in [9.17, 15) is 4.79 Å². The number of hydrogen-bond acceptors (Lipinski definition) is 3. The average Bonchev–Trinajstić information content (AvgIpc) is 2.76. The van der Waals surface area contributed by atoms with Crippen molar-refractivity contribution in [2.45, 2.75) is 25.0 Å². The van der Waals surface area contributed by atoms with Gasteiger partial charge in [0.05, 0.1) is 31.2 Å². The zero-order valence-corrected chi connectivity index (χ0v) is 7.53. The highest BCUT2D eigenvalue weighted by atomic mass is 16.5. The Labute approximate surface area is 76.7 Å². The third-order valence-electron chi connectivity index (χ3n) is 3.45. The Bertz CT molecular complexity index is 295. The van der Waals surface area contributed by atoms with Gasteiger partial charge in [-0.05, 0) is 12.8 Å². The fraction of sp³-hybridized carbons (Fsp3) is 0.700. The van der Waals surface area contributed by atoms with Crippen LogP contribution < -0.4 is 0 Å². The van der Waals surface area contributed by atoms with Crippen molar-refractivity contribution >= 4 is 5.78 Å². The Hall–Kier alpha value is -0.830. The number of methoxy groups -OCH3 is 1. The van der Waals surface area contributed by atoms with Crippen LogP contribution in [0.25, 0.3) is 0 Å². The van der Waals surface area contributed by atoms with Crippen molar-refractivity contribution in [3.63, 3.8) is 0 Å². The first kappa shape index (κ1) is 7.56. The summed E-state index contributed by atoms with van der Waals surface area (Å²) in [5.74, 6) is 1.35. The lowest BCUT2D eigenvalue weighted by Gasteiger charge is -2.21. The molecule has 3 rings (SSSR count). The maximum atomic E-state index is 11.6. The second-order valence-corrected chi connectivity index (χ2v) is 4.00. The van der Waals surface area contributed by atoms with E-state index in [0.717, 1.165) is 18.6 Å². The minimum absolute atomic E-state index is 0.0775. The molecule has 2 heterocycles. The standard InChI is InChI=1S/C10H12O3/c1-12-8-4-5(11)9-6-2-3-7(13-6)10(8)9/h4,6-7,9-10H,2-3H2,1H3/t6-,7-,9+,10+/m1/s1. The second-order valence-electron chi connectivity index (χ2n) is 4.00. The van der Waals surface area contributed by atoms with Gasteiger partial charge < -0.3 is 9.47 Å². The highest BCUT2D eigenvalue weighted by Crippen LogP contribution is 2.50. The van der Waals surface area contributed by atoms with Crippen LogP contribution in [0.5, 0.6) is 0 Å². The molecular formula is C10H12O3. The largest absolute Gasteiger partial charge is 0.501 e. The smallest absolute Gasteiger partial charge is 0.165 e. The number of fused-ring (bicyclic) bond motifs is 5. The van der Waals surface area contributed by atoms with Gasteiger partial charge in [-0.2, -0.15) is 0 Å². The van der Waals surface area contributed by atoms with Gasteiger partial charge in [-0.1, -0.05) is 0 Å². The van der Waals surface area contributed by atoms with Crippen molar-refractivity contribution in [3.8, 4) is 0 Å². The lowest BCUT2D eigenvalue weighted by Crippen LogP contribution is -2.29. The van der Waals surface area contributed by atoms with Crippen LogP contribution in [-0.4, -0.2) is 25.1 Å². The Morgan fingerprint density at radius 1 is 1.38 bits per heavy atom. The van der Waals surface area contributed by atoms with E-state index in [-0.39, 0.29) is 29.8 Å². The first-order valence-corrected chi connectivity index (χ1v) is 4.76. The number of carbonyl (C=O) groups is 1. The van der Waals surface area contributed by atoms with Gasteiger partial charge in [0.1, 0.15) is 5.76 Å². The fourth-order valence-corrected chi connectivity index (χ4v) is 2.93. The van der Waals surface area contributed by atoms with Gasteiger partial charge in [0.15, 0.2) is 5.78 Å². The topological polar surface area (TPSA) is 35.5 Å². The number of ketones is 1. The van der Waals surface area contributed by atoms with E-state index in [1.54, 1.807) is 13.2 Å². The summed E-state index contributed by atoms with van der Waals surface area (Å²) < 4.78 is 10.9. The molecule has 0 saturated carbocycles. The van der Waals surface area contributed by atoms with E-state index < -0.39 is 0 Å². The van der Waals surface area contributed by atoms with Crippen LogP contribution in [-0.2, 0) is 14.3 Å². The average molecular weight is 180 g/mol. The molecule has 0 unspecified atom stereocenters. The molecule has 4 atom stereocenters. The third-order valence-corrected chi connectivity index (χ3v) is 3.45. The van der Waals surface area contributed by atoms with Gasteiger partial charge in [-0.3, -0.25) is 4.79 Å². The molecule has 2 bridgehead atoms. The van der Waals surface area contributed by atoms with Crippen molar-refractivity contribution in [2.24, 2.45) is 11.8 Å². The molecule has 0 amide bonds.